The molecule has 0 unspecified atom stereocenters. The Labute approximate surface area is 105 Å². The SMILES string of the molecule is Cc1cc(C(=O)c2cccc(Br)c2F)cs1. The molecule has 0 spiro atoms. The summed E-state index contributed by atoms with van der Waals surface area (Å²) in [6, 6.07) is 6.49. The summed E-state index contributed by atoms with van der Waals surface area (Å²) in [5.41, 5.74) is 0.645. The Balaban J connectivity index is 2.45. The van der Waals surface area contributed by atoms with Gasteiger partial charge >= 0.3 is 0 Å². The molecule has 0 atom stereocenters. The normalized spacial score (nSPS) is 10.4. The van der Waals surface area contributed by atoms with E-state index in [1.165, 1.54) is 17.4 Å². The molecule has 0 bridgehead atoms. The van der Waals surface area contributed by atoms with Gasteiger partial charge in [-0.3, -0.25) is 4.79 Å². The number of carbonyl (C=O) groups is 1. The number of rotatable bonds is 2. The molecule has 1 heterocycles. The minimum atomic E-state index is -0.503. The van der Waals surface area contributed by atoms with Crippen LogP contribution in [-0.2, 0) is 0 Å². The monoisotopic (exact) mass is 298 g/mol. The maximum absolute atomic E-state index is 13.7. The summed E-state index contributed by atoms with van der Waals surface area (Å²) in [5.74, 6) is -0.778. The minimum absolute atomic E-state index is 0.104. The summed E-state index contributed by atoms with van der Waals surface area (Å²) in [6.45, 7) is 1.92. The van der Waals surface area contributed by atoms with Crippen molar-refractivity contribution in [2.24, 2.45) is 0 Å². The van der Waals surface area contributed by atoms with Crippen LogP contribution < -0.4 is 0 Å². The maximum atomic E-state index is 13.7. The van der Waals surface area contributed by atoms with E-state index in [1.54, 1.807) is 23.6 Å². The first kappa shape index (κ1) is 11.5. The number of halogens is 2. The van der Waals surface area contributed by atoms with E-state index in [2.05, 4.69) is 15.9 Å². The summed E-state index contributed by atoms with van der Waals surface area (Å²) < 4.78 is 14.0. The van der Waals surface area contributed by atoms with Crippen LogP contribution in [0.1, 0.15) is 20.8 Å². The fourth-order valence-corrected chi connectivity index (χ4v) is 2.45. The summed E-state index contributed by atoms with van der Waals surface area (Å²) in [4.78, 5) is 13.0. The zero-order chi connectivity index (χ0) is 11.7. The number of thiophene rings is 1. The predicted octanol–water partition coefficient (Wildman–Crippen LogP) is 4.19. The second-order valence-corrected chi connectivity index (χ2v) is 5.35. The Morgan fingerprint density at radius 2 is 2.19 bits per heavy atom. The summed E-state index contributed by atoms with van der Waals surface area (Å²) in [5, 5.41) is 1.75. The van der Waals surface area contributed by atoms with Crippen LogP contribution in [0.4, 0.5) is 4.39 Å². The molecule has 0 saturated heterocycles. The summed E-state index contributed by atoms with van der Waals surface area (Å²) >= 11 is 4.55. The highest BCUT2D eigenvalue weighted by Gasteiger charge is 2.16. The molecule has 82 valence electrons. The van der Waals surface area contributed by atoms with Crippen molar-refractivity contribution in [2.75, 3.05) is 0 Å². The van der Waals surface area contributed by atoms with Gasteiger partial charge in [0.15, 0.2) is 5.78 Å². The van der Waals surface area contributed by atoms with Crippen LogP contribution >= 0.6 is 27.3 Å². The second kappa shape index (κ2) is 4.47. The molecule has 4 heteroatoms. The Kier molecular flexibility index (Phi) is 3.21. The fraction of sp³-hybridized carbons (Fsp3) is 0.0833. The van der Waals surface area contributed by atoms with Gasteiger partial charge in [0.1, 0.15) is 5.82 Å². The van der Waals surface area contributed by atoms with Crippen LogP contribution in [0.25, 0.3) is 0 Å². The van der Waals surface area contributed by atoms with Gasteiger partial charge < -0.3 is 0 Å². The lowest BCUT2D eigenvalue weighted by molar-refractivity contribution is 0.103. The van der Waals surface area contributed by atoms with Crippen LogP contribution in [0, 0.1) is 12.7 Å². The lowest BCUT2D eigenvalue weighted by Gasteiger charge is -2.01. The highest BCUT2D eigenvalue weighted by Crippen LogP contribution is 2.23. The van der Waals surface area contributed by atoms with Gasteiger partial charge in [-0.2, -0.15) is 0 Å². The van der Waals surface area contributed by atoms with Crippen molar-refractivity contribution in [2.45, 2.75) is 6.92 Å². The van der Waals surface area contributed by atoms with Gasteiger partial charge in [0.2, 0.25) is 0 Å². The molecule has 0 amide bonds. The second-order valence-electron chi connectivity index (χ2n) is 3.38. The molecule has 2 aromatic rings. The Morgan fingerprint density at radius 3 is 2.81 bits per heavy atom. The van der Waals surface area contributed by atoms with E-state index in [0.717, 1.165) is 4.88 Å². The van der Waals surface area contributed by atoms with E-state index in [-0.39, 0.29) is 11.3 Å². The molecule has 2 rings (SSSR count). The van der Waals surface area contributed by atoms with E-state index < -0.39 is 5.82 Å². The van der Waals surface area contributed by atoms with Crippen molar-refractivity contribution in [1.82, 2.24) is 0 Å². The van der Waals surface area contributed by atoms with Gasteiger partial charge in [0, 0.05) is 15.8 Å². The maximum Gasteiger partial charge on any atom is 0.196 e. The lowest BCUT2D eigenvalue weighted by atomic mass is 10.1. The van der Waals surface area contributed by atoms with Crippen LogP contribution in [0.2, 0.25) is 0 Å². The zero-order valence-electron chi connectivity index (χ0n) is 8.46. The standard InChI is InChI=1S/C12H8BrFOS/c1-7-5-8(6-16-7)12(15)9-3-2-4-10(13)11(9)14/h2-6H,1H3. The molecule has 16 heavy (non-hydrogen) atoms. The van der Waals surface area contributed by atoms with Gasteiger partial charge in [-0.25, -0.2) is 4.39 Å². The topological polar surface area (TPSA) is 17.1 Å². The first-order chi connectivity index (χ1) is 7.59. The van der Waals surface area contributed by atoms with Gasteiger partial charge in [-0.15, -0.1) is 11.3 Å². The van der Waals surface area contributed by atoms with E-state index in [0.29, 0.717) is 10.0 Å². The van der Waals surface area contributed by atoms with Crippen molar-refractivity contribution in [3.05, 3.63) is 55.9 Å². The first-order valence-electron chi connectivity index (χ1n) is 4.63. The van der Waals surface area contributed by atoms with E-state index in [1.807, 2.05) is 6.92 Å². The van der Waals surface area contributed by atoms with Crippen LogP contribution in [-0.4, -0.2) is 5.78 Å². The summed E-state index contributed by atoms with van der Waals surface area (Å²) in [6.07, 6.45) is 0. The number of ketones is 1. The molecule has 0 aliphatic heterocycles. The summed E-state index contributed by atoms with van der Waals surface area (Å²) in [7, 11) is 0. The van der Waals surface area contributed by atoms with E-state index >= 15 is 0 Å². The lowest BCUT2D eigenvalue weighted by Crippen LogP contribution is -2.03. The van der Waals surface area contributed by atoms with Crippen molar-refractivity contribution >= 4 is 33.0 Å². The Bertz CT molecular complexity index is 548. The molecule has 0 aliphatic carbocycles. The van der Waals surface area contributed by atoms with Crippen molar-refractivity contribution in [1.29, 1.82) is 0 Å². The van der Waals surface area contributed by atoms with Crippen LogP contribution in [0.5, 0.6) is 0 Å². The molecular formula is C12H8BrFOS. The van der Waals surface area contributed by atoms with Gasteiger partial charge in [-0.1, -0.05) is 6.07 Å². The third-order valence-corrected chi connectivity index (χ3v) is 3.66. The van der Waals surface area contributed by atoms with Crippen molar-refractivity contribution < 1.29 is 9.18 Å². The fourth-order valence-electron chi connectivity index (χ4n) is 1.40. The molecule has 0 fully saturated rings. The van der Waals surface area contributed by atoms with Crippen molar-refractivity contribution in [3.8, 4) is 0 Å². The number of hydrogen-bond donors (Lipinski definition) is 0. The average Bonchev–Trinajstić information content (AvgIpc) is 2.68. The molecule has 0 saturated carbocycles. The van der Waals surface area contributed by atoms with Gasteiger partial charge in [-0.05, 0) is 41.1 Å². The molecular weight excluding hydrogens is 291 g/mol. The third-order valence-electron chi connectivity index (χ3n) is 2.19. The largest absolute Gasteiger partial charge is 0.288 e. The molecule has 0 aliphatic rings. The zero-order valence-corrected chi connectivity index (χ0v) is 10.9. The Hall–Kier alpha value is -1.000. The van der Waals surface area contributed by atoms with Gasteiger partial charge in [0.25, 0.3) is 0 Å². The van der Waals surface area contributed by atoms with E-state index in [9.17, 15) is 9.18 Å². The highest BCUT2D eigenvalue weighted by atomic mass is 79.9. The van der Waals surface area contributed by atoms with Crippen LogP contribution in [0.3, 0.4) is 0 Å². The molecule has 1 aromatic heterocycles. The number of carbonyl (C=O) groups excluding carboxylic acids is 1. The van der Waals surface area contributed by atoms with Crippen LogP contribution in [0.15, 0.2) is 34.1 Å². The average molecular weight is 299 g/mol. The van der Waals surface area contributed by atoms with Crippen molar-refractivity contribution in [3.63, 3.8) is 0 Å². The minimum Gasteiger partial charge on any atom is -0.288 e. The molecule has 0 N–H and O–H groups in total. The number of hydrogen-bond acceptors (Lipinski definition) is 2. The smallest absolute Gasteiger partial charge is 0.196 e. The highest BCUT2D eigenvalue weighted by molar-refractivity contribution is 9.10. The predicted molar refractivity (Wildman–Crippen MR) is 66.6 cm³/mol. The quantitative estimate of drug-likeness (QED) is 0.760. The molecule has 1 aromatic carbocycles. The number of benzene rings is 1. The Morgan fingerprint density at radius 1 is 1.44 bits per heavy atom. The molecule has 1 nitrogen and oxygen atoms in total. The van der Waals surface area contributed by atoms with E-state index in [4.69, 9.17) is 0 Å². The number of aryl methyl sites for hydroxylation is 1. The molecule has 0 radical (unpaired) electrons. The first-order valence-corrected chi connectivity index (χ1v) is 6.30. The third kappa shape index (κ3) is 2.08. The van der Waals surface area contributed by atoms with Gasteiger partial charge in [0.05, 0.1) is 10.0 Å².